The van der Waals surface area contributed by atoms with Crippen LogP contribution in [0.15, 0.2) is 24.3 Å². The van der Waals surface area contributed by atoms with Gasteiger partial charge >= 0.3 is 0 Å². The van der Waals surface area contributed by atoms with Gasteiger partial charge in [-0.15, -0.1) is 0 Å². The third kappa shape index (κ3) is 3.36. The van der Waals surface area contributed by atoms with E-state index in [-0.39, 0.29) is 17.7 Å². The molecular weight excluding hydrogens is 254 g/mol. The minimum Gasteiger partial charge on any atom is -0.369 e. The third-order valence-electron chi connectivity index (χ3n) is 4.04. The summed E-state index contributed by atoms with van der Waals surface area (Å²) in [6.07, 6.45) is 3.73. The van der Waals surface area contributed by atoms with Crippen LogP contribution in [0.3, 0.4) is 0 Å². The molecule has 0 aromatic heterocycles. The highest BCUT2D eigenvalue weighted by Gasteiger charge is 2.37. The van der Waals surface area contributed by atoms with E-state index in [0.29, 0.717) is 18.7 Å². The molecule has 0 radical (unpaired) electrons. The van der Waals surface area contributed by atoms with E-state index >= 15 is 0 Å². The molecule has 0 heterocycles. The van der Waals surface area contributed by atoms with Crippen LogP contribution in [0.5, 0.6) is 0 Å². The number of hydrogen-bond donors (Lipinski definition) is 3. The number of benzene rings is 1. The maximum absolute atomic E-state index is 12.1. The Morgan fingerprint density at radius 3 is 2.50 bits per heavy atom. The van der Waals surface area contributed by atoms with E-state index in [0.717, 1.165) is 24.8 Å². The van der Waals surface area contributed by atoms with Crippen LogP contribution in [-0.4, -0.2) is 18.4 Å². The van der Waals surface area contributed by atoms with E-state index in [4.69, 9.17) is 11.5 Å². The number of carbonyl (C=O) groups excluding carboxylic acids is 2. The predicted octanol–water partition coefficient (Wildman–Crippen LogP) is 1.17. The van der Waals surface area contributed by atoms with Crippen LogP contribution >= 0.6 is 0 Å². The van der Waals surface area contributed by atoms with Crippen LogP contribution < -0.4 is 16.8 Å². The van der Waals surface area contributed by atoms with Gasteiger partial charge in [-0.2, -0.15) is 0 Å². The molecular formula is C15H21N3O2. The molecule has 0 saturated heterocycles. The zero-order chi connectivity index (χ0) is 14.6. The van der Waals surface area contributed by atoms with Crippen LogP contribution in [0, 0.1) is 5.41 Å². The van der Waals surface area contributed by atoms with E-state index in [1.54, 1.807) is 12.1 Å². The predicted molar refractivity (Wildman–Crippen MR) is 77.9 cm³/mol. The molecule has 1 aromatic carbocycles. The molecule has 0 bridgehead atoms. The standard InChI is InChI=1S/C15H21N3O2/c16-10-15(6-3-7-15)9-14(20)18-12-5-2-1-4-11(12)8-13(17)19/h1-2,4-5H,3,6-10,16H2,(H2,17,19)(H,18,20). The quantitative estimate of drug-likeness (QED) is 0.726. The number of primary amides is 1. The zero-order valence-electron chi connectivity index (χ0n) is 11.5. The van der Waals surface area contributed by atoms with Gasteiger partial charge in [0.2, 0.25) is 11.8 Å². The van der Waals surface area contributed by atoms with E-state index in [1.165, 1.54) is 0 Å². The fourth-order valence-electron chi connectivity index (χ4n) is 2.65. The monoisotopic (exact) mass is 275 g/mol. The molecule has 1 aliphatic carbocycles. The molecule has 0 aliphatic heterocycles. The van der Waals surface area contributed by atoms with Gasteiger partial charge in [0, 0.05) is 12.1 Å². The maximum atomic E-state index is 12.1. The fourth-order valence-corrected chi connectivity index (χ4v) is 2.65. The molecule has 5 nitrogen and oxygen atoms in total. The van der Waals surface area contributed by atoms with Gasteiger partial charge in [0.1, 0.15) is 0 Å². The molecule has 1 saturated carbocycles. The first kappa shape index (κ1) is 14.5. The molecule has 5 heteroatoms. The van der Waals surface area contributed by atoms with Gasteiger partial charge < -0.3 is 16.8 Å². The molecule has 2 amide bonds. The van der Waals surface area contributed by atoms with E-state index in [9.17, 15) is 9.59 Å². The van der Waals surface area contributed by atoms with Gasteiger partial charge in [-0.1, -0.05) is 24.6 Å². The topological polar surface area (TPSA) is 98.2 Å². The zero-order valence-corrected chi connectivity index (χ0v) is 11.5. The Morgan fingerprint density at radius 1 is 1.25 bits per heavy atom. The maximum Gasteiger partial charge on any atom is 0.224 e. The van der Waals surface area contributed by atoms with Crippen LogP contribution in [0.25, 0.3) is 0 Å². The molecule has 108 valence electrons. The average Bonchev–Trinajstić information content (AvgIpc) is 2.36. The molecule has 0 unspecified atom stereocenters. The Hall–Kier alpha value is -1.88. The second-order valence-corrected chi connectivity index (χ2v) is 5.58. The number of hydrogen-bond acceptors (Lipinski definition) is 3. The van der Waals surface area contributed by atoms with Crippen molar-refractivity contribution in [1.82, 2.24) is 0 Å². The van der Waals surface area contributed by atoms with Crippen molar-refractivity contribution in [3.8, 4) is 0 Å². The second kappa shape index (κ2) is 6.05. The lowest BCUT2D eigenvalue weighted by Gasteiger charge is -2.40. The minimum absolute atomic E-state index is 0.0251. The van der Waals surface area contributed by atoms with Gasteiger partial charge in [-0.3, -0.25) is 9.59 Å². The smallest absolute Gasteiger partial charge is 0.224 e. The lowest BCUT2D eigenvalue weighted by Crippen LogP contribution is -2.40. The SMILES string of the molecule is NCC1(CC(=O)Nc2ccccc2CC(N)=O)CCC1. The molecule has 1 aromatic rings. The van der Waals surface area contributed by atoms with Crippen molar-refractivity contribution in [3.63, 3.8) is 0 Å². The van der Waals surface area contributed by atoms with Crippen molar-refractivity contribution in [2.24, 2.45) is 16.9 Å². The highest BCUT2D eigenvalue weighted by Crippen LogP contribution is 2.43. The van der Waals surface area contributed by atoms with Crippen molar-refractivity contribution < 1.29 is 9.59 Å². The highest BCUT2D eigenvalue weighted by molar-refractivity contribution is 5.93. The van der Waals surface area contributed by atoms with Gasteiger partial charge in [0.05, 0.1) is 6.42 Å². The normalized spacial score (nSPS) is 16.2. The molecule has 1 aliphatic rings. The summed E-state index contributed by atoms with van der Waals surface area (Å²) in [5.74, 6) is -0.462. The van der Waals surface area contributed by atoms with Crippen LogP contribution in [-0.2, 0) is 16.0 Å². The van der Waals surface area contributed by atoms with Gasteiger partial charge in [0.15, 0.2) is 0 Å². The minimum atomic E-state index is -0.413. The first-order valence-electron chi connectivity index (χ1n) is 6.91. The molecule has 20 heavy (non-hydrogen) atoms. The molecule has 1 fully saturated rings. The number of nitrogens with two attached hydrogens (primary N) is 2. The largest absolute Gasteiger partial charge is 0.369 e. The number of amides is 2. The average molecular weight is 275 g/mol. The summed E-state index contributed by atoms with van der Waals surface area (Å²) in [6.45, 7) is 0.545. The summed E-state index contributed by atoms with van der Waals surface area (Å²) in [5.41, 5.74) is 12.3. The van der Waals surface area contributed by atoms with Crippen molar-refractivity contribution in [2.75, 3.05) is 11.9 Å². The summed E-state index contributed by atoms with van der Waals surface area (Å²) < 4.78 is 0. The number of carbonyl (C=O) groups is 2. The van der Waals surface area contributed by atoms with E-state index < -0.39 is 5.91 Å². The Morgan fingerprint density at radius 2 is 1.95 bits per heavy atom. The number of nitrogens with one attached hydrogen (secondary N) is 1. The lowest BCUT2D eigenvalue weighted by molar-refractivity contribution is -0.120. The Labute approximate surface area is 118 Å². The Balaban J connectivity index is 2.02. The van der Waals surface area contributed by atoms with Crippen LogP contribution in [0.1, 0.15) is 31.2 Å². The second-order valence-electron chi connectivity index (χ2n) is 5.58. The Bertz CT molecular complexity index is 504. The summed E-state index contributed by atoms with van der Waals surface area (Å²) in [4.78, 5) is 23.2. The van der Waals surface area contributed by atoms with Crippen molar-refractivity contribution in [3.05, 3.63) is 29.8 Å². The first-order valence-corrected chi connectivity index (χ1v) is 6.91. The summed E-state index contributed by atoms with van der Waals surface area (Å²) >= 11 is 0. The number of rotatable bonds is 6. The molecule has 0 atom stereocenters. The molecule has 5 N–H and O–H groups in total. The summed E-state index contributed by atoms with van der Waals surface area (Å²) in [6, 6.07) is 7.22. The first-order chi connectivity index (χ1) is 9.54. The summed E-state index contributed by atoms with van der Waals surface area (Å²) in [7, 11) is 0. The highest BCUT2D eigenvalue weighted by atomic mass is 16.2. The number of para-hydroxylation sites is 1. The number of anilines is 1. The molecule has 0 spiro atoms. The van der Waals surface area contributed by atoms with E-state index in [2.05, 4.69) is 5.32 Å². The molecule has 2 rings (SSSR count). The van der Waals surface area contributed by atoms with Gasteiger partial charge in [-0.25, -0.2) is 0 Å². The van der Waals surface area contributed by atoms with Crippen LogP contribution in [0.2, 0.25) is 0 Å². The Kier molecular flexibility index (Phi) is 4.39. The van der Waals surface area contributed by atoms with Gasteiger partial charge in [0.25, 0.3) is 0 Å². The van der Waals surface area contributed by atoms with Gasteiger partial charge in [-0.05, 0) is 36.4 Å². The van der Waals surface area contributed by atoms with Crippen molar-refractivity contribution >= 4 is 17.5 Å². The van der Waals surface area contributed by atoms with Crippen LogP contribution in [0.4, 0.5) is 5.69 Å². The lowest BCUT2D eigenvalue weighted by atomic mass is 9.66. The van der Waals surface area contributed by atoms with E-state index in [1.807, 2.05) is 12.1 Å². The fraction of sp³-hybridized carbons (Fsp3) is 0.467. The summed E-state index contributed by atoms with van der Waals surface area (Å²) in [5, 5.41) is 2.87. The third-order valence-corrected chi connectivity index (χ3v) is 4.04. The van der Waals surface area contributed by atoms with Crippen molar-refractivity contribution in [2.45, 2.75) is 32.1 Å². The van der Waals surface area contributed by atoms with Crippen molar-refractivity contribution in [1.29, 1.82) is 0 Å².